The van der Waals surface area contributed by atoms with Crippen LogP contribution in [-0.4, -0.2) is 29.2 Å². The Morgan fingerprint density at radius 2 is 2.20 bits per heavy atom. The molecule has 2 fully saturated rings. The normalized spacial score (nSPS) is 27.0. The number of thiophene rings is 1. The average Bonchev–Trinajstić information content (AvgIpc) is 3.10. The Balaban J connectivity index is 1.71. The first kappa shape index (κ1) is 13.8. The summed E-state index contributed by atoms with van der Waals surface area (Å²) in [5, 5.41) is 4.05. The second-order valence-corrected chi connectivity index (χ2v) is 6.70. The van der Waals surface area contributed by atoms with E-state index in [1.165, 1.54) is 0 Å². The zero-order valence-electron chi connectivity index (χ0n) is 11.7. The van der Waals surface area contributed by atoms with Crippen molar-refractivity contribution in [3.05, 3.63) is 22.4 Å². The van der Waals surface area contributed by atoms with E-state index in [0.29, 0.717) is 18.6 Å². The number of amides is 1. The van der Waals surface area contributed by atoms with Crippen LogP contribution in [0.15, 0.2) is 16.8 Å². The highest BCUT2D eigenvalue weighted by molar-refractivity contribution is 7.07. The van der Waals surface area contributed by atoms with Crippen LogP contribution in [0.4, 0.5) is 0 Å². The van der Waals surface area contributed by atoms with Gasteiger partial charge in [-0.2, -0.15) is 11.3 Å². The highest BCUT2D eigenvalue weighted by Gasteiger charge is 2.38. The maximum atomic E-state index is 12.6. The summed E-state index contributed by atoms with van der Waals surface area (Å²) in [6, 6.07) is 2.19. The lowest BCUT2D eigenvalue weighted by Crippen LogP contribution is -2.49. The lowest BCUT2D eigenvalue weighted by Gasteiger charge is -2.38. The number of rotatable bonds is 3. The van der Waals surface area contributed by atoms with Crippen LogP contribution in [0.5, 0.6) is 0 Å². The van der Waals surface area contributed by atoms with Gasteiger partial charge in [-0.1, -0.05) is 0 Å². The number of carbonyl (C=O) groups is 2. The Morgan fingerprint density at radius 3 is 2.90 bits per heavy atom. The molecule has 3 rings (SSSR count). The van der Waals surface area contributed by atoms with Gasteiger partial charge in [-0.05, 0) is 54.5 Å². The Bertz CT molecular complexity index is 483. The minimum absolute atomic E-state index is 0.113. The number of ketones is 1. The van der Waals surface area contributed by atoms with Crippen LogP contribution in [0.1, 0.15) is 44.1 Å². The molecule has 2 aliphatic rings. The van der Waals surface area contributed by atoms with Gasteiger partial charge >= 0.3 is 0 Å². The second kappa shape index (κ2) is 6.08. The van der Waals surface area contributed by atoms with E-state index in [0.717, 1.165) is 44.2 Å². The molecule has 1 saturated carbocycles. The van der Waals surface area contributed by atoms with Gasteiger partial charge in [0.1, 0.15) is 5.78 Å². The molecule has 1 aliphatic heterocycles. The molecule has 0 spiro atoms. The Labute approximate surface area is 124 Å². The van der Waals surface area contributed by atoms with Gasteiger partial charge in [0.25, 0.3) is 0 Å². The van der Waals surface area contributed by atoms with E-state index in [2.05, 4.69) is 0 Å². The van der Waals surface area contributed by atoms with Crippen molar-refractivity contribution in [3.63, 3.8) is 0 Å². The summed E-state index contributed by atoms with van der Waals surface area (Å²) >= 11 is 1.63. The predicted octanol–water partition coefficient (Wildman–Crippen LogP) is 3.04. The lowest BCUT2D eigenvalue weighted by molar-refractivity contribution is -0.137. The summed E-state index contributed by atoms with van der Waals surface area (Å²) in [6.07, 6.45) is 6.42. The van der Waals surface area contributed by atoms with Gasteiger partial charge in [-0.15, -0.1) is 0 Å². The molecule has 0 radical (unpaired) electrons. The molecule has 2 heterocycles. The molecular weight excluding hydrogens is 270 g/mol. The summed E-state index contributed by atoms with van der Waals surface area (Å²) in [5.74, 6) is 0.694. The molecule has 1 aromatic rings. The lowest BCUT2D eigenvalue weighted by atomic mass is 9.88. The molecule has 3 nitrogen and oxygen atoms in total. The van der Waals surface area contributed by atoms with Gasteiger partial charge in [-0.25, -0.2) is 0 Å². The molecule has 0 N–H and O–H groups in total. The van der Waals surface area contributed by atoms with Crippen LogP contribution in [-0.2, 0) is 16.0 Å². The molecule has 20 heavy (non-hydrogen) atoms. The topological polar surface area (TPSA) is 37.4 Å². The van der Waals surface area contributed by atoms with Crippen LogP contribution in [0.2, 0.25) is 0 Å². The number of piperidine rings is 1. The number of Topliss-reactive ketones (excluding diaryl/α,β-unsaturated/α-hetero) is 1. The van der Waals surface area contributed by atoms with E-state index >= 15 is 0 Å². The average molecular weight is 291 g/mol. The largest absolute Gasteiger partial charge is 0.339 e. The minimum Gasteiger partial charge on any atom is -0.339 e. The number of hydrogen-bond donors (Lipinski definition) is 0. The van der Waals surface area contributed by atoms with Crippen molar-refractivity contribution >= 4 is 23.0 Å². The van der Waals surface area contributed by atoms with E-state index in [9.17, 15) is 9.59 Å². The Morgan fingerprint density at radius 1 is 1.30 bits per heavy atom. The zero-order valence-corrected chi connectivity index (χ0v) is 12.5. The van der Waals surface area contributed by atoms with E-state index in [4.69, 9.17) is 0 Å². The smallest absolute Gasteiger partial charge is 0.227 e. The molecule has 1 aliphatic carbocycles. The van der Waals surface area contributed by atoms with Crippen molar-refractivity contribution in [1.82, 2.24) is 4.90 Å². The van der Waals surface area contributed by atoms with Crippen molar-refractivity contribution in [1.29, 1.82) is 0 Å². The molecule has 1 aromatic heterocycles. The maximum Gasteiger partial charge on any atom is 0.227 e. The van der Waals surface area contributed by atoms with Crippen molar-refractivity contribution in [2.24, 2.45) is 5.92 Å². The molecule has 2 atom stereocenters. The zero-order chi connectivity index (χ0) is 13.9. The molecular formula is C16H21NO2S. The van der Waals surface area contributed by atoms with Crippen molar-refractivity contribution in [3.8, 4) is 0 Å². The fourth-order valence-electron chi connectivity index (χ4n) is 3.60. The third kappa shape index (κ3) is 2.80. The maximum absolute atomic E-state index is 12.6. The van der Waals surface area contributed by atoms with E-state index < -0.39 is 0 Å². The third-order valence-corrected chi connectivity index (χ3v) is 5.35. The molecule has 4 heteroatoms. The van der Waals surface area contributed by atoms with Gasteiger partial charge in [0.15, 0.2) is 0 Å². The molecule has 2 unspecified atom stereocenters. The third-order valence-electron chi connectivity index (χ3n) is 4.62. The van der Waals surface area contributed by atoms with Gasteiger partial charge in [-0.3, -0.25) is 9.59 Å². The highest BCUT2D eigenvalue weighted by Crippen LogP contribution is 2.33. The van der Waals surface area contributed by atoms with Crippen LogP contribution < -0.4 is 0 Å². The van der Waals surface area contributed by atoms with Gasteiger partial charge in [0.2, 0.25) is 5.91 Å². The SMILES string of the molecule is O=C1CCCC1C1CCCCN1C(=O)Cc1ccsc1. The number of hydrogen-bond acceptors (Lipinski definition) is 3. The molecule has 1 amide bonds. The van der Waals surface area contributed by atoms with Crippen molar-refractivity contribution in [2.45, 2.75) is 51.0 Å². The second-order valence-electron chi connectivity index (χ2n) is 5.92. The summed E-state index contributed by atoms with van der Waals surface area (Å²) < 4.78 is 0. The predicted molar refractivity (Wildman–Crippen MR) is 79.7 cm³/mol. The van der Waals surface area contributed by atoms with E-state index in [1.807, 2.05) is 21.7 Å². The first-order chi connectivity index (χ1) is 9.75. The number of nitrogens with zero attached hydrogens (tertiary/aromatic N) is 1. The summed E-state index contributed by atoms with van der Waals surface area (Å²) in [4.78, 5) is 26.6. The fourth-order valence-corrected chi connectivity index (χ4v) is 4.27. The van der Waals surface area contributed by atoms with Crippen molar-refractivity contribution < 1.29 is 9.59 Å². The first-order valence-electron chi connectivity index (χ1n) is 7.59. The summed E-state index contributed by atoms with van der Waals surface area (Å²) in [5.41, 5.74) is 1.10. The Kier molecular flexibility index (Phi) is 4.20. The van der Waals surface area contributed by atoms with E-state index in [1.54, 1.807) is 11.3 Å². The van der Waals surface area contributed by atoms with Gasteiger partial charge in [0.05, 0.1) is 6.42 Å². The fraction of sp³-hybridized carbons (Fsp3) is 0.625. The molecule has 0 aromatic carbocycles. The summed E-state index contributed by atoms with van der Waals surface area (Å²) in [6.45, 7) is 0.831. The molecule has 0 bridgehead atoms. The standard InChI is InChI=1S/C16H21NO2S/c18-15-6-3-4-13(15)14-5-1-2-8-17(14)16(19)10-12-7-9-20-11-12/h7,9,11,13-14H,1-6,8,10H2. The van der Waals surface area contributed by atoms with Crippen LogP contribution in [0, 0.1) is 5.92 Å². The van der Waals surface area contributed by atoms with Gasteiger partial charge in [0, 0.05) is 24.9 Å². The molecule has 108 valence electrons. The van der Waals surface area contributed by atoms with Crippen molar-refractivity contribution in [2.75, 3.05) is 6.54 Å². The minimum atomic E-state index is 0.113. The summed E-state index contributed by atoms with van der Waals surface area (Å²) in [7, 11) is 0. The molecule has 1 saturated heterocycles. The quantitative estimate of drug-likeness (QED) is 0.858. The van der Waals surface area contributed by atoms with Gasteiger partial charge < -0.3 is 4.90 Å². The number of likely N-dealkylation sites (tertiary alicyclic amines) is 1. The van der Waals surface area contributed by atoms with Crippen LogP contribution in [0.3, 0.4) is 0 Å². The Hall–Kier alpha value is -1.16. The van der Waals surface area contributed by atoms with Crippen LogP contribution in [0.25, 0.3) is 0 Å². The highest BCUT2D eigenvalue weighted by atomic mass is 32.1. The van der Waals surface area contributed by atoms with Crippen LogP contribution >= 0.6 is 11.3 Å². The monoisotopic (exact) mass is 291 g/mol. The first-order valence-corrected chi connectivity index (χ1v) is 8.53. The van der Waals surface area contributed by atoms with E-state index in [-0.39, 0.29) is 17.9 Å². The number of carbonyl (C=O) groups excluding carboxylic acids is 2.